The molecule has 2 aliphatic heterocycles. The van der Waals surface area contributed by atoms with E-state index in [4.69, 9.17) is 57.7 Å². The Kier molecular flexibility index (Phi) is 30.0. The predicted molar refractivity (Wildman–Crippen MR) is 622 cm³/mol. The summed E-state index contributed by atoms with van der Waals surface area (Å²) in [5.74, 6) is 4.86. The normalized spacial score (nSPS) is 17.8. The van der Waals surface area contributed by atoms with Crippen molar-refractivity contribution < 1.29 is 57.7 Å². The lowest BCUT2D eigenvalue weighted by Gasteiger charge is -2.44. The monoisotopic (exact) mass is 2060 g/mol. The predicted octanol–water partition coefficient (Wildman–Crippen LogP) is 41.3. The molecule has 4 heterocycles. The van der Waals surface area contributed by atoms with E-state index in [1.165, 1.54) is 33.4 Å². The molecule has 1 saturated heterocycles. The smallest absolute Gasteiger partial charge is 0.493 e. The van der Waals surface area contributed by atoms with Gasteiger partial charge in [0, 0.05) is 93.7 Å². The van der Waals surface area contributed by atoms with Crippen molar-refractivity contribution in [3.05, 3.63) is 203 Å². The molecule has 11 aromatic rings. The summed E-state index contributed by atoms with van der Waals surface area (Å²) < 4.78 is 96.6. The molecule has 3 aliphatic rings. The molecule has 796 valence electrons. The first-order valence-corrected chi connectivity index (χ1v) is 58.1. The van der Waals surface area contributed by atoms with Crippen molar-refractivity contribution in [3.8, 4) is 62.5 Å². The maximum Gasteiger partial charge on any atom is 0.530 e. The molecule has 2 atom stereocenters. The Morgan fingerprint density at radius 1 is 0.295 bits per heavy atom. The molecule has 1 saturated carbocycles. The van der Waals surface area contributed by atoms with Gasteiger partial charge in [-0.2, -0.15) is 0 Å². The molecule has 146 heavy (non-hydrogen) atoms. The van der Waals surface area contributed by atoms with Gasteiger partial charge in [-0.3, -0.25) is 0 Å². The molecule has 9 aromatic carbocycles. The van der Waals surface area contributed by atoms with Crippen LogP contribution in [0.3, 0.4) is 0 Å². The van der Waals surface area contributed by atoms with Crippen LogP contribution in [0.1, 0.15) is 458 Å². The lowest BCUT2D eigenvalue weighted by atomic mass is 9.66. The van der Waals surface area contributed by atoms with E-state index in [0.717, 1.165) is 176 Å². The van der Waals surface area contributed by atoms with E-state index in [9.17, 15) is 0 Å². The van der Waals surface area contributed by atoms with Gasteiger partial charge < -0.3 is 57.7 Å². The Labute approximate surface area is 884 Å². The van der Waals surface area contributed by atoms with Gasteiger partial charge >= 0.3 is 33.7 Å². The Bertz CT molecular complexity index is 6830. The van der Waals surface area contributed by atoms with Crippen molar-refractivity contribution in [2.24, 2.45) is 11.3 Å². The second-order valence-corrected chi connectivity index (χ2v) is 63.6. The van der Waals surface area contributed by atoms with Crippen LogP contribution in [0.25, 0.3) is 66.1 Å². The molecule has 14 rings (SSSR count). The molecule has 2 aromatic heterocycles. The first kappa shape index (κ1) is 114. The first-order chi connectivity index (χ1) is 66.3. The summed E-state index contributed by atoms with van der Waals surface area (Å²) in [6, 6.07) is 39.1. The maximum atomic E-state index is 8.13. The summed E-state index contributed by atoms with van der Waals surface area (Å²) >= 11 is 0. The maximum absolute atomic E-state index is 8.13. The number of fused-ring (bicyclic) bond motifs is 7. The summed E-state index contributed by atoms with van der Waals surface area (Å²) in [5, 5.41) is 4.04. The van der Waals surface area contributed by atoms with Crippen LogP contribution >= 0.6 is 33.7 Å². The lowest BCUT2D eigenvalue weighted by molar-refractivity contribution is -0.0185. The average molecular weight is 2060 g/mol. The molecule has 2 fully saturated rings. The highest BCUT2D eigenvalue weighted by molar-refractivity contribution is 7.43. The third-order valence-corrected chi connectivity index (χ3v) is 34.7. The number of para-hydroxylation sites is 1. The van der Waals surface area contributed by atoms with Crippen molar-refractivity contribution in [2.75, 3.05) is 20.3 Å². The van der Waals surface area contributed by atoms with Gasteiger partial charge in [0.25, 0.3) is 0 Å². The second kappa shape index (κ2) is 38.5. The van der Waals surface area contributed by atoms with Crippen molar-refractivity contribution in [1.82, 2.24) is 0 Å². The highest BCUT2D eigenvalue weighted by Gasteiger charge is 2.48. The topological polar surface area (TPSA) is 136 Å². The van der Waals surface area contributed by atoms with E-state index >= 15 is 0 Å². The minimum absolute atomic E-state index is 0.179. The molecule has 0 N–H and O–H groups in total. The first-order valence-electron chi connectivity index (χ1n) is 53.7. The van der Waals surface area contributed by atoms with E-state index in [1.807, 2.05) is 18.2 Å². The van der Waals surface area contributed by atoms with E-state index < -0.39 is 60.8 Å². The fraction of sp³-hybridized carbons (Fsp3) is 0.581. The number of rotatable bonds is 14. The van der Waals surface area contributed by atoms with Crippen LogP contribution < -0.4 is 31.9 Å². The highest BCUT2D eigenvalue weighted by atomic mass is 31.2. The van der Waals surface area contributed by atoms with E-state index in [0.29, 0.717) is 47.9 Å². The van der Waals surface area contributed by atoms with Crippen LogP contribution in [0, 0.1) is 25.2 Å². The van der Waals surface area contributed by atoms with Crippen LogP contribution in [-0.2, 0) is 95.7 Å². The molecule has 0 bridgehead atoms. The minimum atomic E-state index is -2.32. The second-order valence-electron chi connectivity index (χ2n) is 59.4. The summed E-state index contributed by atoms with van der Waals surface area (Å²) in [6.45, 7) is 114. The molecule has 1 spiro atoms. The molecule has 0 radical (unpaired) electrons. The van der Waals surface area contributed by atoms with Crippen LogP contribution in [0.4, 0.5) is 0 Å². The van der Waals surface area contributed by atoms with Gasteiger partial charge in [-0.25, -0.2) is 0 Å². The zero-order chi connectivity index (χ0) is 109. The number of benzene rings is 9. The van der Waals surface area contributed by atoms with Gasteiger partial charge in [0.1, 0.15) is 45.3 Å². The minimum Gasteiger partial charge on any atom is -0.493 e. The van der Waals surface area contributed by atoms with Gasteiger partial charge in [0.2, 0.25) is 5.75 Å². The van der Waals surface area contributed by atoms with Crippen LogP contribution in [0.5, 0.6) is 40.2 Å². The highest BCUT2D eigenvalue weighted by Crippen LogP contribution is 2.65. The molecule has 13 nitrogen and oxygen atoms in total. The number of hydrogen-bond donors (Lipinski definition) is 0. The number of ether oxygens (including phenoxy) is 1. The van der Waals surface area contributed by atoms with Crippen molar-refractivity contribution in [1.29, 1.82) is 0 Å². The van der Waals surface area contributed by atoms with E-state index in [1.54, 1.807) is 7.11 Å². The van der Waals surface area contributed by atoms with E-state index in [2.05, 4.69) is 424 Å². The van der Waals surface area contributed by atoms with E-state index in [-0.39, 0.29) is 65.0 Å². The lowest BCUT2D eigenvalue weighted by Crippen LogP contribution is -2.39. The summed E-state index contributed by atoms with van der Waals surface area (Å²) in [6.07, 6.45) is 4.94. The third-order valence-electron chi connectivity index (χ3n) is 30.7. The SMILES string of the molecule is COc1cccc2c1OP(Oc1c(-c3cc(C(C)(C)C)cc(C(C)(C)C)c3Op3oc4c(C(C)(C)C)cc(C(C)(C)C)cc4c4cc(C(C)(C)CC5CCC6(CC5)COP(Oc5c(C(C)(C)C)cc(C(C)(C)C)c(C)c5-c5c(C)c(C(C)(C)C)cc(C(C)(C)C)c5Op5oc7c(C(C)(C)C)cc(C(C)(C)C)cc7c7cc(C(C)(C)C)cc(C(C)(C)C)c7o5)OC6)cc(C(C)(C)C)c4o3)cc(C(C)(C)C)cc1C(C)(C)C)O2. The summed E-state index contributed by atoms with van der Waals surface area (Å²) in [4.78, 5) is 0. The number of methoxy groups -OCH3 is 1. The largest absolute Gasteiger partial charge is 0.530 e. The zero-order valence-corrected chi connectivity index (χ0v) is 103. The quantitative estimate of drug-likeness (QED) is 0.0957. The van der Waals surface area contributed by atoms with Gasteiger partial charge in [-0.15, -0.1) is 0 Å². The standard InChI is InChI=1S/C129H182O13P4/c1-75-90(118(18,19)20)70-98(126(42,43)44)110(102(75)103-76(2)91(119(21,22)23)71-99(127(45,46)47)111(103)141-146-138-106-86(60-80(115(9,10)11)66-94(106)122(30,31)32)87-61-81(116(12,13)14)67-95(107(87)139-146)123(33,34)35)140-143-131-73-129(74-132-143)56-54-77(55-57-129)72-128(48,49)83-63-89-88-62-82(117(15,16)17)68-96(124(36,37)38)108(88)136-145(137-109(89)97(69-83)125(39,40)41)135-105-85(59-79(114(6,7)8)65-93(105)121(27,28)29)84-58-78(113(3,4)5)64-92(120(24,25)26)104(84)134-144-133-101-53-51-52-100(130-50)112(101)142-144/h51-53,58-71,77H,54-57,72-74H2,1-50H3. The van der Waals surface area contributed by atoms with Crippen LogP contribution in [0.15, 0.2) is 120 Å². The van der Waals surface area contributed by atoms with Gasteiger partial charge in [-0.1, -0.05) is 380 Å². The molecular weight excluding hydrogens is 1880 g/mol. The van der Waals surface area contributed by atoms with Crippen molar-refractivity contribution in [2.45, 2.75) is 458 Å². The molecule has 0 amide bonds. The fourth-order valence-electron chi connectivity index (χ4n) is 21.3. The van der Waals surface area contributed by atoms with Gasteiger partial charge in [0.05, 0.1) is 20.3 Å². The van der Waals surface area contributed by atoms with Crippen molar-refractivity contribution >= 4 is 77.6 Å². The van der Waals surface area contributed by atoms with Crippen LogP contribution in [-0.4, -0.2) is 20.3 Å². The summed E-state index contributed by atoms with van der Waals surface area (Å²) in [7, 11) is -6.90. The number of hydrogen-bond acceptors (Lipinski definition) is 13. The third kappa shape index (κ3) is 23.5. The zero-order valence-electron chi connectivity index (χ0n) is 99.4. The van der Waals surface area contributed by atoms with Crippen molar-refractivity contribution in [3.63, 3.8) is 0 Å². The molecule has 1 aliphatic carbocycles. The molecule has 2 unspecified atom stereocenters. The van der Waals surface area contributed by atoms with Gasteiger partial charge in [0.15, 0.2) is 11.5 Å². The van der Waals surface area contributed by atoms with Gasteiger partial charge in [-0.05, 0) is 243 Å². The molecular formula is C129H182O13P4. The van der Waals surface area contributed by atoms with Crippen LogP contribution in [0.2, 0.25) is 0 Å². The average Bonchev–Trinajstić information content (AvgIpc) is 1.49. The Hall–Kier alpha value is -7.84. The Morgan fingerprint density at radius 3 is 0.897 bits per heavy atom. The Balaban J connectivity index is 0.864. The Morgan fingerprint density at radius 2 is 0.575 bits per heavy atom. The molecule has 17 heteroatoms. The summed E-state index contributed by atoms with van der Waals surface area (Å²) in [5.41, 5.74) is 21.7. The fourth-order valence-corrected chi connectivity index (χ4v) is 26.0.